The maximum Gasteiger partial charge on any atom is 0.295 e. The Hall–Kier alpha value is -3.19. The summed E-state index contributed by atoms with van der Waals surface area (Å²) in [6, 6.07) is 8.09. The summed E-state index contributed by atoms with van der Waals surface area (Å²) in [4.78, 5) is 31.5. The van der Waals surface area contributed by atoms with Gasteiger partial charge in [-0.05, 0) is 47.7 Å². The van der Waals surface area contributed by atoms with Crippen LogP contribution in [0.3, 0.4) is 0 Å². The molecule has 0 bridgehead atoms. The van der Waals surface area contributed by atoms with Crippen molar-refractivity contribution in [3.8, 4) is 5.75 Å². The van der Waals surface area contributed by atoms with Crippen LogP contribution in [-0.2, 0) is 14.3 Å². The number of aliphatic hydroxyl groups is 1. The van der Waals surface area contributed by atoms with Gasteiger partial charge in [0.05, 0.1) is 18.7 Å². The lowest BCUT2D eigenvalue weighted by atomic mass is 9.93. The van der Waals surface area contributed by atoms with Crippen LogP contribution in [-0.4, -0.2) is 54.1 Å². The Balaban J connectivity index is 2.14. The Morgan fingerprint density at radius 2 is 2.00 bits per heavy atom. The van der Waals surface area contributed by atoms with E-state index in [0.717, 1.165) is 5.56 Å². The number of pyridine rings is 1. The molecule has 1 saturated heterocycles. The lowest BCUT2D eigenvalue weighted by Crippen LogP contribution is -2.31. The second-order valence-electron chi connectivity index (χ2n) is 7.74. The van der Waals surface area contributed by atoms with E-state index >= 15 is 0 Å². The maximum atomic E-state index is 13.0. The molecule has 1 atom stereocenters. The van der Waals surface area contributed by atoms with E-state index < -0.39 is 17.7 Å². The van der Waals surface area contributed by atoms with Gasteiger partial charge >= 0.3 is 0 Å². The molecule has 31 heavy (non-hydrogen) atoms. The topological polar surface area (TPSA) is 89.0 Å². The zero-order valence-electron chi connectivity index (χ0n) is 18.3. The molecule has 1 aliphatic rings. The zero-order chi connectivity index (χ0) is 22.5. The first-order chi connectivity index (χ1) is 14.9. The van der Waals surface area contributed by atoms with Gasteiger partial charge in [0.25, 0.3) is 11.7 Å². The highest BCUT2D eigenvalue weighted by molar-refractivity contribution is 6.46. The molecule has 1 aromatic heterocycles. The van der Waals surface area contributed by atoms with Gasteiger partial charge in [-0.3, -0.25) is 14.6 Å². The van der Waals surface area contributed by atoms with Crippen molar-refractivity contribution >= 4 is 17.4 Å². The molecule has 2 aromatic rings. The fourth-order valence-electron chi connectivity index (χ4n) is 3.86. The van der Waals surface area contributed by atoms with Crippen LogP contribution in [0.4, 0.5) is 0 Å². The van der Waals surface area contributed by atoms with Crippen molar-refractivity contribution in [2.75, 3.05) is 27.4 Å². The zero-order valence-corrected chi connectivity index (χ0v) is 18.3. The van der Waals surface area contributed by atoms with Crippen LogP contribution in [0, 0.1) is 0 Å². The molecule has 164 valence electrons. The van der Waals surface area contributed by atoms with Crippen molar-refractivity contribution < 1.29 is 24.2 Å². The standard InChI is InChI=1S/C24H28N2O5/c1-15(2)18-13-16(8-9-19(18)31-4)22(27)20-21(17-7-5-10-25-14-17)26(11-6-12-30-3)24(29)23(20)28/h5,7-10,13-15,21,27H,6,11-12H2,1-4H3/b22-20-. The molecule has 0 spiro atoms. The number of Topliss-reactive ketones (excluding diaryl/α,β-unsaturated/α-hetero) is 1. The maximum absolute atomic E-state index is 13.0. The molecule has 1 amide bonds. The summed E-state index contributed by atoms with van der Waals surface area (Å²) in [6.45, 7) is 4.83. The van der Waals surface area contributed by atoms with Crippen LogP contribution in [0.25, 0.3) is 5.76 Å². The fraction of sp³-hybridized carbons (Fsp3) is 0.375. The minimum atomic E-state index is -0.713. The number of hydrogen-bond donors (Lipinski definition) is 1. The molecule has 1 N–H and O–H groups in total. The van der Waals surface area contributed by atoms with E-state index in [2.05, 4.69) is 4.98 Å². The first-order valence-corrected chi connectivity index (χ1v) is 10.3. The van der Waals surface area contributed by atoms with E-state index in [9.17, 15) is 14.7 Å². The number of rotatable bonds is 8. The van der Waals surface area contributed by atoms with E-state index in [1.807, 2.05) is 13.8 Å². The summed E-state index contributed by atoms with van der Waals surface area (Å²) in [5.41, 5.74) is 2.10. The van der Waals surface area contributed by atoms with Crippen molar-refractivity contribution in [2.24, 2.45) is 0 Å². The summed E-state index contributed by atoms with van der Waals surface area (Å²) in [5, 5.41) is 11.2. The Bertz CT molecular complexity index is 985. The Labute approximate surface area is 182 Å². The van der Waals surface area contributed by atoms with Crippen LogP contribution in [0.1, 0.15) is 48.9 Å². The highest BCUT2D eigenvalue weighted by Crippen LogP contribution is 2.40. The molecule has 0 saturated carbocycles. The molecule has 0 aliphatic carbocycles. The highest BCUT2D eigenvalue weighted by Gasteiger charge is 2.45. The number of hydrogen-bond acceptors (Lipinski definition) is 6. The summed E-state index contributed by atoms with van der Waals surface area (Å²) in [6.07, 6.45) is 3.81. The van der Waals surface area contributed by atoms with E-state index in [0.29, 0.717) is 36.4 Å². The first kappa shape index (κ1) is 22.5. The smallest absolute Gasteiger partial charge is 0.295 e. The molecule has 1 aromatic carbocycles. The van der Waals surface area contributed by atoms with E-state index in [1.165, 1.54) is 4.90 Å². The number of benzene rings is 1. The number of aliphatic hydroxyl groups excluding tert-OH is 1. The monoisotopic (exact) mass is 424 g/mol. The fourth-order valence-corrected chi connectivity index (χ4v) is 3.86. The number of methoxy groups -OCH3 is 2. The van der Waals surface area contributed by atoms with Crippen molar-refractivity contribution in [1.82, 2.24) is 9.88 Å². The number of ether oxygens (including phenoxy) is 2. The van der Waals surface area contributed by atoms with Gasteiger partial charge in [0.15, 0.2) is 0 Å². The average molecular weight is 424 g/mol. The minimum absolute atomic E-state index is 0.0651. The number of carbonyl (C=O) groups excluding carboxylic acids is 2. The Morgan fingerprint density at radius 1 is 1.23 bits per heavy atom. The SMILES string of the molecule is COCCCN1C(=O)C(=O)/C(=C(\O)c2ccc(OC)c(C(C)C)c2)C1c1cccnc1. The predicted octanol–water partition coefficient (Wildman–Crippen LogP) is 3.67. The highest BCUT2D eigenvalue weighted by atomic mass is 16.5. The molecular formula is C24H28N2O5. The molecule has 1 aliphatic heterocycles. The van der Waals surface area contributed by atoms with Gasteiger partial charge in [0, 0.05) is 38.2 Å². The summed E-state index contributed by atoms with van der Waals surface area (Å²) >= 11 is 0. The minimum Gasteiger partial charge on any atom is -0.507 e. The van der Waals surface area contributed by atoms with Crippen molar-refractivity contribution in [2.45, 2.75) is 32.2 Å². The molecule has 2 heterocycles. The van der Waals surface area contributed by atoms with Crippen LogP contribution >= 0.6 is 0 Å². The molecule has 7 nitrogen and oxygen atoms in total. The third-order valence-corrected chi connectivity index (χ3v) is 5.41. The molecule has 3 rings (SSSR count). The number of ketones is 1. The first-order valence-electron chi connectivity index (χ1n) is 10.3. The van der Waals surface area contributed by atoms with Gasteiger partial charge < -0.3 is 19.5 Å². The van der Waals surface area contributed by atoms with Crippen molar-refractivity contribution in [3.05, 3.63) is 65.0 Å². The van der Waals surface area contributed by atoms with Crippen molar-refractivity contribution in [3.63, 3.8) is 0 Å². The Morgan fingerprint density at radius 3 is 2.61 bits per heavy atom. The van der Waals surface area contributed by atoms with Crippen LogP contribution in [0.2, 0.25) is 0 Å². The molecule has 1 fully saturated rings. The normalized spacial score (nSPS) is 18.1. The van der Waals surface area contributed by atoms with Gasteiger partial charge in [-0.2, -0.15) is 0 Å². The predicted molar refractivity (Wildman–Crippen MR) is 117 cm³/mol. The van der Waals surface area contributed by atoms with E-state index in [-0.39, 0.29) is 17.3 Å². The van der Waals surface area contributed by atoms with Gasteiger partial charge in [0.2, 0.25) is 0 Å². The Kier molecular flexibility index (Phi) is 7.07. The van der Waals surface area contributed by atoms with E-state index in [4.69, 9.17) is 9.47 Å². The van der Waals surface area contributed by atoms with Gasteiger partial charge in [0.1, 0.15) is 11.5 Å². The summed E-state index contributed by atoms with van der Waals surface area (Å²) in [7, 11) is 3.18. The lowest BCUT2D eigenvalue weighted by molar-refractivity contribution is -0.140. The number of amides is 1. The van der Waals surface area contributed by atoms with E-state index in [1.54, 1.807) is 56.9 Å². The second-order valence-corrected chi connectivity index (χ2v) is 7.74. The molecule has 1 unspecified atom stereocenters. The number of nitrogens with zero attached hydrogens (tertiary/aromatic N) is 2. The number of carbonyl (C=O) groups is 2. The van der Waals surface area contributed by atoms with Crippen LogP contribution < -0.4 is 4.74 Å². The van der Waals surface area contributed by atoms with Crippen LogP contribution in [0.15, 0.2) is 48.3 Å². The van der Waals surface area contributed by atoms with Gasteiger partial charge in [-0.25, -0.2) is 0 Å². The third-order valence-electron chi connectivity index (χ3n) is 5.41. The molecule has 7 heteroatoms. The average Bonchev–Trinajstić information content (AvgIpc) is 3.03. The molecular weight excluding hydrogens is 396 g/mol. The summed E-state index contributed by atoms with van der Waals surface area (Å²) < 4.78 is 10.5. The lowest BCUT2D eigenvalue weighted by Gasteiger charge is -2.25. The number of aromatic nitrogens is 1. The summed E-state index contributed by atoms with van der Waals surface area (Å²) in [5.74, 6) is -0.690. The quantitative estimate of drug-likeness (QED) is 0.301. The molecule has 0 radical (unpaired) electrons. The largest absolute Gasteiger partial charge is 0.507 e. The third kappa shape index (κ3) is 4.46. The second kappa shape index (κ2) is 9.75. The van der Waals surface area contributed by atoms with Gasteiger partial charge in [-0.1, -0.05) is 19.9 Å². The van der Waals surface area contributed by atoms with Crippen LogP contribution in [0.5, 0.6) is 5.75 Å². The number of likely N-dealkylation sites (tertiary alicyclic amines) is 1. The van der Waals surface area contributed by atoms with Gasteiger partial charge in [-0.15, -0.1) is 0 Å². The van der Waals surface area contributed by atoms with Crippen molar-refractivity contribution in [1.29, 1.82) is 0 Å².